The fourth-order valence-corrected chi connectivity index (χ4v) is 5.18. The average molecular weight is 285 g/mol. The number of rotatable bonds is 3. The molecule has 0 saturated heterocycles. The van der Waals surface area contributed by atoms with Crippen LogP contribution in [0.15, 0.2) is 0 Å². The van der Waals surface area contributed by atoms with E-state index in [1.807, 2.05) is 0 Å². The van der Waals surface area contributed by atoms with Crippen molar-refractivity contribution in [3.8, 4) is 0 Å². The van der Waals surface area contributed by atoms with Crippen LogP contribution in [0, 0.1) is 17.8 Å². The standard InChI is InChI=1S/C18H36S/c1-6-17-10-8-7-9-15(4)11-12-16(5)13-18(17)19-14(2)3/h14-18H,6-13H2,1-5H3. The molecule has 0 spiro atoms. The van der Waals surface area contributed by atoms with E-state index in [4.69, 9.17) is 0 Å². The summed E-state index contributed by atoms with van der Waals surface area (Å²) >= 11 is 2.26. The van der Waals surface area contributed by atoms with Gasteiger partial charge in [-0.15, -0.1) is 0 Å². The summed E-state index contributed by atoms with van der Waals surface area (Å²) in [6, 6.07) is 0. The van der Waals surface area contributed by atoms with Gasteiger partial charge >= 0.3 is 0 Å². The van der Waals surface area contributed by atoms with Gasteiger partial charge in [0.15, 0.2) is 0 Å². The van der Waals surface area contributed by atoms with E-state index in [0.717, 1.165) is 28.3 Å². The van der Waals surface area contributed by atoms with Crippen LogP contribution in [0.3, 0.4) is 0 Å². The molecule has 0 aromatic heterocycles. The Morgan fingerprint density at radius 1 is 0.947 bits per heavy atom. The second-order valence-corrected chi connectivity index (χ2v) is 9.02. The summed E-state index contributed by atoms with van der Waals surface area (Å²) in [6.07, 6.45) is 11.6. The summed E-state index contributed by atoms with van der Waals surface area (Å²) in [5.74, 6) is 2.84. The fourth-order valence-electron chi connectivity index (χ4n) is 3.49. The van der Waals surface area contributed by atoms with Gasteiger partial charge in [-0.25, -0.2) is 0 Å². The molecule has 0 aliphatic heterocycles. The normalized spacial score (nSPS) is 35.1. The molecule has 1 rings (SSSR count). The van der Waals surface area contributed by atoms with Gasteiger partial charge in [0.25, 0.3) is 0 Å². The molecule has 1 fully saturated rings. The quantitative estimate of drug-likeness (QED) is 0.567. The third-order valence-corrected chi connectivity index (χ3v) is 6.28. The van der Waals surface area contributed by atoms with Gasteiger partial charge in [-0.3, -0.25) is 0 Å². The van der Waals surface area contributed by atoms with Crippen LogP contribution in [0.5, 0.6) is 0 Å². The van der Waals surface area contributed by atoms with E-state index in [1.165, 1.54) is 51.4 Å². The van der Waals surface area contributed by atoms with Crippen LogP contribution in [0.2, 0.25) is 0 Å². The highest BCUT2D eigenvalue weighted by molar-refractivity contribution is 8.00. The zero-order valence-electron chi connectivity index (χ0n) is 14.0. The van der Waals surface area contributed by atoms with E-state index >= 15 is 0 Å². The van der Waals surface area contributed by atoms with Crippen LogP contribution in [0.4, 0.5) is 0 Å². The van der Waals surface area contributed by atoms with Crippen molar-refractivity contribution < 1.29 is 0 Å². The fraction of sp³-hybridized carbons (Fsp3) is 1.00. The molecule has 1 aliphatic carbocycles. The van der Waals surface area contributed by atoms with Crippen LogP contribution in [-0.2, 0) is 0 Å². The minimum Gasteiger partial charge on any atom is -0.155 e. The number of hydrogen-bond acceptors (Lipinski definition) is 1. The third kappa shape index (κ3) is 7.06. The van der Waals surface area contributed by atoms with E-state index in [9.17, 15) is 0 Å². The Hall–Kier alpha value is 0.350. The first-order valence-electron chi connectivity index (χ1n) is 8.68. The van der Waals surface area contributed by atoms with Crippen molar-refractivity contribution >= 4 is 11.8 Å². The molecule has 0 bridgehead atoms. The third-order valence-electron chi connectivity index (χ3n) is 4.81. The van der Waals surface area contributed by atoms with Crippen molar-refractivity contribution in [1.82, 2.24) is 0 Å². The second kappa shape index (κ2) is 9.32. The van der Waals surface area contributed by atoms with Crippen molar-refractivity contribution in [3.05, 3.63) is 0 Å². The van der Waals surface area contributed by atoms with Crippen molar-refractivity contribution in [2.24, 2.45) is 17.8 Å². The molecule has 4 atom stereocenters. The Balaban J connectivity index is 2.65. The molecular weight excluding hydrogens is 248 g/mol. The molecule has 0 heterocycles. The van der Waals surface area contributed by atoms with E-state index in [0.29, 0.717) is 0 Å². The highest BCUT2D eigenvalue weighted by atomic mass is 32.2. The van der Waals surface area contributed by atoms with Crippen molar-refractivity contribution in [2.45, 2.75) is 96.5 Å². The van der Waals surface area contributed by atoms with Crippen molar-refractivity contribution in [3.63, 3.8) is 0 Å². The smallest absolute Gasteiger partial charge is 0.00803 e. The zero-order valence-corrected chi connectivity index (χ0v) is 14.8. The molecule has 0 amide bonds. The Morgan fingerprint density at radius 2 is 1.58 bits per heavy atom. The minimum atomic E-state index is 0.787. The van der Waals surface area contributed by atoms with Crippen LogP contribution < -0.4 is 0 Å². The molecule has 1 saturated carbocycles. The maximum absolute atomic E-state index is 2.49. The van der Waals surface area contributed by atoms with Gasteiger partial charge in [-0.1, -0.05) is 73.1 Å². The van der Waals surface area contributed by atoms with Crippen LogP contribution in [-0.4, -0.2) is 10.5 Å². The summed E-state index contributed by atoms with van der Waals surface area (Å²) in [5, 5.41) is 1.70. The Labute approximate surface area is 126 Å². The molecule has 0 N–H and O–H groups in total. The van der Waals surface area contributed by atoms with Gasteiger partial charge in [-0.2, -0.15) is 11.8 Å². The highest BCUT2D eigenvalue weighted by Gasteiger charge is 2.24. The van der Waals surface area contributed by atoms with Gasteiger partial charge in [0.2, 0.25) is 0 Å². The summed E-state index contributed by atoms with van der Waals surface area (Å²) in [5.41, 5.74) is 0. The first-order valence-corrected chi connectivity index (χ1v) is 9.62. The maximum Gasteiger partial charge on any atom is 0.00803 e. The first-order chi connectivity index (χ1) is 9.02. The van der Waals surface area contributed by atoms with Crippen molar-refractivity contribution in [2.75, 3.05) is 0 Å². The highest BCUT2D eigenvalue weighted by Crippen LogP contribution is 2.36. The Kier molecular flexibility index (Phi) is 8.53. The first kappa shape index (κ1) is 17.4. The summed E-state index contributed by atoms with van der Waals surface area (Å²) in [6.45, 7) is 12.1. The molecule has 4 unspecified atom stereocenters. The summed E-state index contributed by atoms with van der Waals surface area (Å²) in [7, 11) is 0. The van der Waals surface area contributed by atoms with Crippen LogP contribution in [0.25, 0.3) is 0 Å². The molecule has 114 valence electrons. The lowest BCUT2D eigenvalue weighted by molar-refractivity contribution is 0.370. The van der Waals surface area contributed by atoms with E-state index in [2.05, 4.69) is 46.4 Å². The van der Waals surface area contributed by atoms with Crippen LogP contribution >= 0.6 is 11.8 Å². The Bertz CT molecular complexity index is 224. The summed E-state index contributed by atoms with van der Waals surface area (Å²) in [4.78, 5) is 0. The van der Waals surface area contributed by atoms with Crippen LogP contribution in [0.1, 0.15) is 86.0 Å². The van der Waals surface area contributed by atoms with E-state index in [1.54, 1.807) is 0 Å². The lowest BCUT2D eigenvalue weighted by Gasteiger charge is -2.29. The number of hydrogen-bond donors (Lipinski definition) is 0. The average Bonchev–Trinajstić information content (AvgIpc) is 2.37. The topological polar surface area (TPSA) is 0 Å². The lowest BCUT2D eigenvalue weighted by Crippen LogP contribution is -2.21. The zero-order chi connectivity index (χ0) is 14.3. The lowest BCUT2D eigenvalue weighted by atomic mass is 9.89. The van der Waals surface area contributed by atoms with Gasteiger partial charge < -0.3 is 0 Å². The second-order valence-electron chi connectivity index (χ2n) is 7.20. The molecule has 19 heavy (non-hydrogen) atoms. The summed E-state index contributed by atoms with van der Waals surface area (Å²) < 4.78 is 0. The largest absolute Gasteiger partial charge is 0.155 e. The minimum absolute atomic E-state index is 0.787. The molecule has 0 nitrogen and oxygen atoms in total. The van der Waals surface area contributed by atoms with Gasteiger partial charge in [-0.05, 0) is 35.8 Å². The van der Waals surface area contributed by atoms with Gasteiger partial charge in [0.1, 0.15) is 0 Å². The predicted octanol–water partition coefficient (Wildman–Crippen LogP) is 6.54. The molecule has 0 radical (unpaired) electrons. The molecular formula is C18H36S. The maximum atomic E-state index is 2.49. The monoisotopic (exact) mass is 284 g/mol. The van der Waals surface area contributed by atoms with E-state index in [-0.39, 0.29) is 0 Å². The van der Waals surface area contributed by atoms with Gasteiger partial charge in [0, 0.05) is 5.25 Å². The molecule has 1 aliphatic rings. The SMILES string of the molecule is CCC1CCCCC(C)CCC(C)CC1SC(C)C. The molecule has 1 heteroatoms. The molecule has 0 aromatic carbocycles. The Morgan fingerprint density at radius 3 is 2.21 bits per heavy atom. The van der Waals surface area contributed by atoms with Gasteiger partial charge in [0.05, 0.1) is 0 Å². The van der Waals surface area contributed by atoms with Crippen molar-refractivity contribution in [1.29, 1.82) is 0 Å². The number of thioether (sulfide) groups is 1. The van der Waals surface area contributed by atoms with E-state index < -0.39 is 0 Å². The molecule has 0 aromatic rings. The predicted molar refractivity (Wildman–Crippen MR) is 90.9 cm³/mol.